The van der Waals surface area contributed by atoms with Gasteiger partial charge in [0.1, 0.15) is 11.5 Å². The van der Waals surface area contributed by atoms with Gasteiger partial charge >= 0.3 is 0 Å². The lowest BCUT2D eigenvalue weighted by molar-refractivity contribution is 0.387. The van der Waals surface area contributed by atoms with E-state index in [4.69, 9.17) is 9.47 Å². The molecule has 17 heavy (non-hydrogen) atoms. The summed E-state index contributed by atoms with van der Waals surface area (Å²) >= 11 is 0. The second kappa shape index (κ2) is 7.17. The Morgan fingerprint density at radius 2 is 1.94 bits per heavy atom. The van der Waals surface area contributed by atoms with Gasteiger partial charge in [-0.15, -0.1) is 0 Å². The van der Waals surface area contributed by atoms with Crippen molar-refractivity contribution in [2.24, 2.45) is 0 Å². The number of hydrogen-bond donors (Lipinski definition) is 1. The maximum atomic E-state index is 5.41. The Morgan fingerprint density at radius 1 is 1.18 bits per heavy atom. The van der Waals surface area contributed by atoms with Crippen LogP contribution in [0.3, 0.4) is 0 Å². The largest absolute Gasteiger partial charge is 0.497 e. The van der Waals surface area contributed by atoms with E-state index in [-0.39, 0.29) is 0 Å². The van der Waals surface area contributed by atoms with E-state index in [1.54, 1.807) is 14.2 Å². The van der Waals surface area contributed by atoms with Crippen LogP contribution in [-0.4, -0.2) is 20.8 Å². The van der Waals surface area contributed by atoms with E-state index in [0.29, 0.717) is 6.04 Å². The first kappa shape index (κ1) is 13.8. The Bertz CT molecular complexity index is 339. The average Bonchev–Trinajstić information content (AvgIpc) is 2.39. The molecular formula is C14H23NO2. The monoisotopic (exact) mass is 237 g/mol. The highest BCUT2D eigenvalue weighted by Gasteiger charge is 2.14. The maximum absolute atomic E-state index is 5.41. The van der Waals surface area contributed by atoms with Gasteiger partial charge in [-0.3, -0.25) is 0 Å². The predicted molar refractivity (Wildman–Crippen MR) is 70.9 cm³/mol. The molecule has 0 amide bonds. The first-order chi connectivity index (χ1) is 8.26. The van der Waals surface area contributed by atoms with Crippen LogP contribution >= 0.6 is 0 Å². The van der Waals surface area contributed by atoms with Crippen LogP contribution in [0.4, 0.5) is 0 Å². The van der Waals surface area contributed by atoms with Crippen LogP contribution in [0.1, 0.15) is 38.3 Å². The van der Waals surface area contributed by atoms with Crippen LogP contribution in [0, 0.1) is 0 Å². The molecule has 96 valence electrons. The highest BCUT2D eigenvalue weighted by atomic mass is 16.5. The zero-order valence-electron chi connectivity index (χ0n) is 11.2. The third kappa shape index (κ3) is 3.63. The minimum atomic E-state index is 0.319. The van der Waals surface area contributed by atoms with Crippen molar-refractivity contribution in [1.82, 2.24) is 5.32 Å². The van der Waals surface area contributed by atoms with Crippen LogP contribution in [0.15, 0.2) is 18.2 Å². The minimum absolute atomic E-state index is 0.319. The molecule has 0 aliphatic rings. The molecule has 1 N–H and O–H groups in total. The number of rotatable bonds is 7. The van der Waals surface area contributed by atoms with E-state index >= 15 is 0 Å². The van der Waals surface area contributed by atoms with Crippen molar-refractivity contribution in [3.8, 4) is 11.5 Å². The summed E-state index contributed by atoms with van der Waals surface area (Å²) in [6.45, 7) is 5.35. The van der Waals surface area contributed by atoms with E-state index < -0.39 is 0 Å². The normalized spacial score (nSPS) is 12.2. The van der Waals surface area contributed by atoms with Crippen molar-refractivity contribution >= 4 is 0 Å². The molecule has 0 heterocycles. The van der Waals surface area contributed by atoms with Gasteiger partial charge in [-0.1, -0.05) is 13.8 Å². The molecular weight excluding hydrogens is 214 g/mol. The summed E-state index contributed by atoms with van der Waals surface area (Å²) in [5.74, 6) is 1.79. The lowest BCUT2D eigenvalue weighted by atomic mass is 10.0. The minimum Gasteiger partial charge on any atom is -0.497 e. The molecule has 3 heteroatoms. The lowest BCUT2D eigenvalue weighted by Crippen LogP contribution is -2.22. The smallest absolute Gasteiger partial charge is 0.123 e. The number of hydrogen-bond acceptors (Lipinski definition) is 3. The van der Waals surface area contributed by atoms with Gasteiger partial charge < -0.3 is 14.8 Å². The fraction of sp³-hybridized carbons (Fsp3) is 0.571. The SMILES string of the molecule is CCCN[C@@H](CC)c1cc(OC)ccc1OC. The molecule has 0 saturated heterocycles. The topological polar surface area (TPSA) is 30.5 Å². The standard InChI is InChI=1S/C14H23NO2/c1-5-9-15-13(6-2)12-10-11(16-3)7-8-14(12)17-4/h7-8,10,13,15H,5-6,9H2,1-4H3/t13-/m0/s1. The van der Waals surface area contributed by atoms with Gasteiger partial charge in [0.2, 0.25) is 0 Å². The highest BCUT2D eigenvalue weighted by molar-refractivity contribution is 5.42. The summed E-state index contributed by atoms with van der Waals surface area (Å²) in [5, 5.41) is 3.53. The number of nitrogens with one attached hydrogen (secondary N) is 1. The summed E-state index contributed by atoms with van der Waals surface area (Å²) in [7, 11) is 3.39. The van der Waals surface area contributed by atoms with Crippen molar-refractivity contribution < 1.29 is 9.47 Å². The van der Waals surface area contributed by atoms with E-state index in [0.717, 1.165) is 30.9 Å². The van der Waals surface area contributed by atoms with Crippen LogP contribution in [0.25, 0.3) is 0 Å². The van der Waals surface area contributed by atoms with E-state index in [2.05, 4.69) is 25.2 Å². The average molecular weight is 237 g/mol. The molecule has 0 aliphatic carbocycles. The van der Waals surface area contributed by atoms with Crippen molar-refractivity contribution in [3.05, 3.63) is 23.8 Å². The number of methoxy groups -OCH3 is 2. The molecule has 0 saturated carbocycles. The van der Waals surface area contributed by atoms with Gasteiger partial charge in [0, 0.05) is 11.6 Å². The van der Waals surface area contributed by atoms with Crippen molar-refractivity contribution in [2.45, 2.75) is 32.7 Å². The van der Waals surface area contributed by atoms with Gasteiger partial charge in [0.05, 0.1) is 14.2 Å². The van der Waals surface area contributed by atoms with Crippen molar-refractivity contribution in [1.29, 1.82) is 0 Å². The molecule has 0 aliphatic heterocycles. The quantitative estimate of drug-likeness (QED) is 0.790. The number of ether oxygens (including phenoxy) is 2. The van der Waals surface area contributed by atoms with E-state index in [1.807, 2.05) is 12.1 Å². The first-order valence-corrected chi connectivity index (χ1v) is 6.22. The summed E-state index contributed by atoms with van der Waals surface area (Å²) in [4.78, 5) is 0. The summed E-state index contributed by atoms with van der Waals surface area (Å²) < 4.78 is 10.7. The Morgan fingerprint density at radius 3 is 2.47 bits per heavy atom. The Balaban J connectivity index is 2.97. The summed E-state index contributed by atoms with van der Waals surface area (Å²) in [6.07, 6.45) is 2.16. The highest BCUT2D eigenvalue weighted by Crippen LogP contribution is 2.30. The summed E-state index contributed by atoms with van der Waals surface area (Å²) in [6, 6.07) is 6.26. The van der Waals surface area contributed by atoms with Crippen LogP contribution in [-0.2, 0) is 0 Å². The van der Waals surface area contributed by atoms with Crippen LogP contribution in [0.2, 0.25) is 0 Å². The molecule has 3 nitrogen and oxygen atoms in total. The molecule has 1 aromatic rings. The van der Waals surface area contributed by atoms with Gasteiger partial charge in [-0.05, 0) is 37.6 Å². The molecule has 0 bridgehead atoms. The molecule has 0 unspecified atom stereocenters. The van der Waals surface area contributed by atoms with E-state index in [9.17, 15) is 0 Å². The Hall–Kier alpha value is -1.22. The predicted octanol–water partition coefficient (Wildman–Crippen LogP) is 3.15. The molecule has 0 radical (unpaired) electrons. The molecule has 1 atom stereocenters. The molecule has 0 spiro atoms. The fourth-order valence-electron chi connectivity index (χ4n) is 1.90. The maximum Gasteiger partial charge on any atom is 0.123 e. The fourth-order valence-corrected chi connectivity index (χ4v) is 1.90. The van der Waals surface area contributed by atoms with Gasteiger partial charge in [0.15, 0.2) is 0 Å². The summed E-state index contributed by atoms with van der Waals surface area (Å²) in [5.41, 5.74) is 1.17. The second-order valence-corrected chi connectivity index (χ2v) is 4.02. The zero-order valence-corrected chi connectivity index (χ0v) is 11.2. The van der Waals surface area contributed by atoms with Crippen molar-refractivity contribution in [3.63, 3.8) is 0 Å². The second-order valence-electron chi connectivity index (χ2n) is 4.02. The van der Waals surface area contributed by atoms with Gasteiger partial charge in [0.25, 0.3) is 0 Å². The van der Waals surface area contributed by atoms with Gasteiger partial charge in [-0.25, -0.2) is 0 Å². The lowest BCUT2D eigenvalue weighted by Gasteiger charge is -2.20. The number of benzene rings is 1. The third-order valence-electron chi connectivity index (χ3n) is 2.86. The molecule has 1 rings (SSSR count). The Kier molecular flexibility index (Phi) is 5.84. The van der Waals surface area contributed by atoms with Crippen LogP contribution in [0.5, 0.6) is 11.5 Å². The van der Waals surface area contributed by atoms with Gasteiger partial charge in [-0.2, -0.15) is 0 Å². The first-order valence-electron chi connectivity index (χ1n) is 6.22. The molecule has 1 aromatic carbocycles. The van der Waals surface area contributed by atoms with Crippen LogP contribution < -0.4 is 14.8 Å². The zero-order chi connectivity index (χ0) is 12.7. The van der Waals surface area contributed by atoms with E-state index in [1.165, 1.54) is 5.56 Å². The van der Waals surface area contributed by atoms with Crippen molar-refractivity contribution in [2.75, 3.05) is 20.8 Å². The molecule has 0 aromatic heterocycles. The third-order valence-corrected chi connectivity index (χ3v) is 2.86. The Labute approximate surface area is 104 Å². The molecule has 0 fully saturated rings.